The highest BCUT2D eigenvalue weighted by Gasteiger charge is 2.50. The van der Waals surface area contributed by atoms with E-state index in [2.05, 4.69) is 9.80 Å². The summed E-state index contributed by atoms with van der Waals surface area (Å²) in [5.41, 5.74) is 2.18. The molecule has 1 aliphatic carbocycles. The predicted molar refractivity (Wildman–Crippen MR) is 196 cm³/mol. The van der Waals surface area contributed by atoms with E-state index in [1.807, 2.05) is 43.9 Å². The highest BCUT2D eigenvalue weighted by Crippen LogP contribution is 2.45. The number of ether oxygens (including phenoxy) is 5. The molecule has 286 valence electrons. The number of aryl methyl sites for hydroxylation is 1. The summed E-state index contributed by atoms with van der Waals surface area (Å²) in [4.78, 5) is 29.2. The number of amides is 1. The van der Waals surface area contributed by atoms with Gasteiger partial charge in [-0.05, 0) is 107 Å². The van der Waals surface area contributed by atoms with Crippen molar-refractivity contribution in [1.29, 1.82) is 0 Å². The van der Waals surface area contributed by atoms with Crippen molar-refractivity contribution in [1.82, 2.24) is 19.8 Å². The average Bonchev–Trinajstić information content (AvgIpc) is 3.75. The van der Waals surface area contributed by atoms with Gasteiger partial charge in [0.15, 0.2) is 12.6 Å². The largest absolute Gasteiger partial charge is 0.468 e. The third-order valence-corrected chi connectivity index (χ3v) is 11.8. The van der Waals surface area contributed by atoms with Gasteiger partial charge in [0.1, 0.15) is 35.5 Å². The van der Waals surface area contributed by atoms with Crippen LogP contribution in [0.2, 0.25) is 0 Å². The molecular formula is C40H51F2N5O6. The Morgan fingerprint density at radius 1 is 1.00 bits per heavy atom. The Kier molecular flexibility index (Phi) is 9.64. The minimum Gasteiger partial charge on any atom is -0.468 e. The first-order valence-electron chi connectivity index (χ1n) is 19.1. The molecule has 4 fully saturated rings. The van der Waals surface area contributed by atoms with Gasteiger partial charge >= 0.3 is 12.1 Å². The zero-order valence-electron chi connectivity index (χ0n) is 31.5. The monoisotopic (exact) mass is 735 g/mol. The zero-order valence-corrected chi connectivity index (χ0v) is 31.5. The first kappa shape index (κ1) is 36.2. The number of piperazine rings is 1. The SMILES string of the molecule is COCOc1cc2c(c(-c3ccc4c(N5C[C@H]6CC[C@@H](C5)N6C(=O)OC(C)(C)C)nc(OC[C@@]56CCCN5C[C@H](F)C6)nc4c3F)c1)C(OC)CCC2. The molecule has 11 nitrogen and oxygen atoms in total. The zero-order chi connectivity index (χ0) is 37.1. The van der Waals surface area contributed by atoms with E-state index in [-0.39, 0.29) is 49.2 Å². The van der Waals surface area contributed by atoms with Gasteiger partial charge in [-0.25, -0.2) is 13.6 Å². The Hall–Kier alpha value is -3.81. The van der Waals surface area contributed by atoms with E-state index in [0.29, 0.717) is 54.1 Å². The fourth-order valence-corrected chi connectivity index (χ4v) is 9.54. The molecule has 53 heavy (non-hydrogen) atoms. The second-order valence-electron chi connectivity index (χ2n) is 16.4. The average molecular weight is 736 g/mol. The number of hydrogen-bond acceptors (Lipinski definition) is 10. The number of carbonyl (C=O) groups excluding carboxylic acids is 1. The molecule has 0 N–H and O–H groups in total. The van der Waals surface area contributed by atoms with Crippen molar-refractivity contribution in [3.05, 3.63) is 41.2 Å². The first-order valence-corrected chi connectivity index (χ1v) is 19.1. The predicted octanol–water partition coefficient (Wildman–Crippen LogP) is 6.99. The van der Waals surface area contributed by atoms with Crippen LogP contribution in [0.3, 0.4) is 0 Å². The number of fused-ring (bicyclic) bond motifs is 5. The summed E-state index contributed by atoms with van der Waals surface area (Å²) in [5.74, 6) is 0.648. The number of alkyl halides is 1. The van der Waals surface area contributed by atoms with E-state index >= 15 is 4.39 Å². The van der Waals surface area contributed by atoms with Crippen LogP contribution in [0.5, 0.6) is 11.8 Å². The molecule has 1 unspecified atom stereocenters. The molecule has 5 heterocycles. The molecule has 0 spiro atoms. The number of aromatic nitrogens is 2. The van der Waals surface area contributed by atoms with Crippen molar-refractivity contribution >= 4 is 22.8 Å². The van der Waals surface area contributed by atoms with Gasteiger partial charge in [-0.3, -0.25) is 9.80 Å². The quantitative estimate of drug-likeness (QED) is 0.214. The van der Waals surface area contributed by atoms with Gasteiger partial charge in [-0.15, -0.1) is 0 Å². The van der Waals surface area contributed by atoms with E-state index in [1.165, 1.54) is 0 Å². The van der Waals surface area contributed by atoms with Gasteiger partial charge in [-0.1, -0.05) is 6.07 Å². The van der Waals surface area contributed by atoms with E-state index < -0.39 is 23.1 Å². The molecule has 13 heteroatoms. The lowest BCUT2D eigenvalue weighted by Gasteiger charge is -2.42. The van der Waals surface area contributed by atoms with E-state index in [1.54, 1.807) is 20.3 Å². The summed E-state index contributed by atoms with van der Waals surface area (Å²) < 4.78 is 61.2. The summed E-state index contributed by atoms with van der Waals surface area (Å²) in [6.45, 7) is 8.15. The molecule has 2 bridgehead atoms. The number of hydrogen-bond donors (Lipinski definition) is 0. The van der Waals surface area contributed by atoms with E-state index in [9.17, 15) is 9.18 Å². The second-order valence-corrected chi connectivity index (χ2v) is 16.4. The Labute approximate surface area is 309 Å². The van der Waals surface area contributed by atoms with Gasteiger partial charge < -0.3 is 28.6 Å². The van der Waals surface area contributed by atoms with E-state index in [4.69, 9.17) is 33.7 Å². The fourth-order valence-electron chi connectivity index (χ4n) is 9.54. The molecule has 0 radical (unpaired) electrons. The number of benzene rings is 2. The van der Waals surface area contributed by atoms with E-state index in [0.717, 1.165) is 62.6 Å². The maximum atomic E-state index is 17.4. The van der Waals surface area contributed by atoms with Crippen molar-refractivity contribution in [3.63, 3.8) is 0 Å². The highest BCUT2D eigenvalue weighted by molar-refractivity contribution is 5.94. The Balaban J connectivity index is 1.21. The molecule has 5 aliphatic rings. The minimum absolute atomic E-state index is 0.0583. The molecule has 4 saturated heterocycles. The number of nitrogens with zero attached hydrogens (tertiary/aromatic N) is 5. The fraction of sp³-hybridized carbons (Fsp3) is 0.625. The van der Waals surface area contributed by atoms with Crippen molar-refractivity contribution in [3.8, 4) is 22.9 Å². The third kappa shape index (κ3) is 6.77. The van der Waals surface area contributed by atoms with Crippen LogP contribution in [0.1, 0.15) is 82.9 Å². The van der Waals surface area contributed by atoms with Crippen LogP contribution in [0.25, 0.3) is 22.0 Å². The van der Waals surface area contributed by atoms with Crippen molar-refractivity contribution in [2.24, 2.45) is 0 Å². The summed E-state index contributed by atoms with van der Waals surface area (Å²) in [7, 11) is 3.25. The standard InChI is InChI=1S/C40H51F2N5O6/c1-39(2,3)53-38(48)47-26-10-11-27(47)21-45(20-26)36-30-13-12-29(31-17-28(52-23-49-4)16-24-8-6-9-32(50-5)33(24)31)34(42)35(30)43-37(44-36)51-22-40-14-7-15-46(40)19-25(41)18-40/h12-13,16-17,25-27,32H,6-11,14-15,18-23H2,1-5H3/t25-,26-,27+,32?,40+/m1/s1. The topological polar surface area (TPSA) is 98.7 Å². The molecule has 1 aromatic heterocycles. The normalized spacial score (nSPS) is 26.9. The number of methoxy groups -OCH3 is 2. The molecule has 0 saturated carbocycles. The van der Waals surface area contributed by atoms with Gasteiger partial charge in [0.25, 0.3) is 0 Å². The molecular weight excluding hydrogens is 684 g/mol. The van der Waals surface area contributed by atoms with Crippen molar-refractivity contribution in [2.45, 2.75) is 108 Å². The summed E-state index contributed by atoms with van der Waals surface area (Å²) in [6.07, 6.45) is 5.05. The first-order chi connectivity index (χ1) is 25.5. The molecule has 5 atom stereocenters. The van der Waals surface area contributed by atoms with Gasteiger partial charge in [0, 0.05) is 51.2 Å². The summed E-state index contributed by atoms with van der Waals surface area (Å²) in [6, 6.07) is 7.42. The number of halogens is 2. The van der Waals surface area contributed by atoms with Crippen LogP contribution in [0, 0.1) is 5.82 Å². The minimum atomic E-state index is -0.908. The summed E-state index contributed by atoms with van der Waals surface area (Å²) in [5, 5.41) is 0.554. The van der Waals surface area contributed by atoms with Crippen LogP contribution in [0.4, 0.5) is 19.4 Å². The summed E-state index contributed by atoms with van der Waals surface area (Å²) >= 11 is 0. The van der Waals surface area contributed by atoms with Crippen molar-refractivity contribution < 1.29 is 37.3 Å². The maximum Gasteiger partial charge on any atom is 0.410 e. The van der Waals surface area contributed by atoms with Crippen LogP contribution < -0.4 is 14.4 Å². The third-order valence-electron chi connectivity index (χ3n) is 11.8. The number of anilines is 1. The Morgan fingerprint density at radius 3 is 2.53 bits per heavy atom. The maximum absolute atomic E-state index is 17.4. The lowest BCUT2D eigenvalue weighted by atomic mass is 9.83. The lowest BCUT2D eigenvalue weighted by Crippen LogP contribution is -2.57. The lowest BCUT2D eigenvalue weighted by molar-refractivity contribution is 0.0122. The molecule has 3 aromatic rings. The molecule has 2 aromatic carbocycles. The van der Waals surface area contributed by atoms with Gasteiger partial charge in [0.05, 0.1) is 23.7 Å². The van der Waals surface area contributed by atoms with Crippen LogP contribution in [0.15, 0.2) is 24.3 Å². The Morgan fingerprint density at radius 2 is 1.79 bits per heavy atom. The van der Waals surface area contributed by atoms with Crippen LogP contribution in [-0.2, 0) is 20.6 Å². The Bertz CT molecular complexity index is 1860. The van der Waals surface area contributed by atoms with Crippen molar-refractivity contribution in [2.75, 3.05) is 58.7 Å². The smallest absolute Gasteiger partial charge is 0.410 e. The molecule has 1 amide bonds. The second kappa shape index (κ2) is 14.1. The van der Waals surface area contributed by atoms with Gasteiger partial charge in [0.2, 0.25) is 0 Å². The van der Waals surface area contributed by atoms with Gasteiger partial charge in [-0.2, -0.15) is 9.97 Å². The number of rotatable bonds is 9. The van der Waals surface area contributed by atoms with Crippen LogP contribution in [-0.4, -0.2) is 109 Å². The number of carbonyl (C=O) groups is 1. The highest BCUT2D eigenvalue weighted by atomic mass is 19.1. The van der Waals surface area contributed by atoms with Crippen LogP contribution >= 0.6 is 0 Å². The molecule has 8 rings (SSSR count). The molecule has 4 aliphatic heterocycles.